The van der Waals surface area contributed by atoms with Crippen molar-refractivity contribution < 1.29 is 18.9 Å². The van der Waals surface area contributed by atoms with Crippen LogP contribution in [0.5, 0.6) is 11.5 Å². The lowest BCUT2D eigenvalue weighted by molar-refractivity contribution is -0.228. The van der Waals surface area contributed by atoms with Gasteiger partial charge in [-0.2, -0.15) is 0 Å². The minimum Gasteiger partial charge on any atom is -0.496 e. The van der Waals surface area contributed by atoms with E-state index in [0.29, 0.717) is 22.6 Å². The Morgan fingerprint density at radius 1 is 0.739 bits per heavy atom. The smallest absolute Gasteiger partial charge is 0.226 e. The first-order valence-electron chi connectivity index (χ1n) is 6.62. The normalized spacial score (nSPS) is 30.6. The Morgan fingerprint density at radius 2 is 1.09 bits per heavy atom. The number of alkyl halides is 2. The molecule has 2 aliphatic rings. The van der Waals surface area contributed by atoms with Crippen molar-refractivity contribution in [1.29, 1.82) is 0 Å². The molecular formula is C15H14Cl4O4. The molecule has 0 saturated heterocycles. The van der Waals surface area contributed by atoms with Gasteiger partial charge in [-0.15, -0.1) is 23.2 Å². The standard InChI is InChI=1S/C15H14Cl4O4/c1-20-7-5-6-8(21-2)10-9(7)13(18)11(16)12(17)14(10,19)15(13,22-3)23-4/h5-6H,1-4H3. The highest BCUT2D eigenvalue weighted by Crippen LogP contribution is 2.77. The molecule has 0 radical (unpaired) electrons. The molecule has 4 nitrogen and oxygen atoms in total. The number of rotatable bonds is 4. The summed E-state index contributed by atoms with van der Waals surface area (Å²) >= 11 is 26.8. The highest BCUT2D eigenvalue weighted by Gasteiger charge is 2.81. The maximum absolute atomic E-state index is 6.95. The second-order valence-electron chi connectivity index (χ2n) is 5.19. The molecule has 0 fully saturated rings. The summed E-state index contributed by atoms with van der Waals surface area (Å²) in [5.41, 5.74) is 1.04. The second-order valence-corrected chi connectivity index (χ2v) is 7.08. The fourth-order valence-corrected chi connectivity index (χ4v) is 5.63. The molecule has 2 aliphatic carbocycles. The van der Waals surface area contributed by atoms with Crippen LogP contribution in [0.3, 0.4) is 0 Å². The summed E-state index contributed by atoms with van der Waals surface area (Å²) < 4.78 is 22.2. The summed E-state index contributed by atoms with van der Waals surface area (Å²) in [6.07, 6.45) is 0. The molecule has 0 heterocycles. The monoisotopic (exact) mass is 398 g/mol. The van der Waals surface area contributed by atoms with Gasteiger partial charge in [-0.05, 0) is 12.1 Å². The van der Waals surface area contributed by atoms with Gasteiger partial charge in [0.15, 0.2) is 9.75 Å². The van der Waals surface area contributed by atoms with Gasteiger partial charge < -0.3 is 18.9 Å². The van der Waals surface area contributed by atoms with Crippen LogP contribution in [0.2, 0.25) is 0 Å². The van der Waals surface area contributed by atoms with E-state index in [2.05, 4.69) is 0 Å². The van der Waals surface area contributed by atoms with Crippen molar-refractivity contribution in [2.45, 2.75) is 15.5 Å². The van der Waals surface area contributed by atoms with Crippen molar-refractivity contribution in [3.63, 3.8) is 0 Å². The number of methoxy groups -OCH3 is 4. The zero-order chi connectivity index (χ0) is 17.2. The van der Waals surface area contributed by atoms with Crippen molar-refractivity contribution in [3.8, 4) is 11.5 Å². The molecule has 0 amide bonds. The Balaban J connectivity index is 2.52. The minimum atomic E-state index is -1.55. The summed E-state index contributed by atoms with van der Waals surface area (Å²) in [5.74, 6) is -0.583. The maximum Gasteiger partial charge on any atom is 0.226 e. The van der Waals surface area contributed by atoms with Crippen molar-refractivity contribution in [1.82, 2.24) is 0 Å². The molecule has 0 N–H and O–H groups in total. The summed E-state index contributed by atoms with van der Waals surface area (Å²) in [5, 5.41) is 0.275. The van der Waals surface area contributed by atoms with Gasteiger partial charge in [-0.3, -0.25) is 0 Å². The molecule has 1 aromatic rings. The first kappa shape index (κ1) is 17.5. The van der Waals surface area contributed by atoms with Gasteiger partial charge in [0.25, 0.3) is 0 Å². The Kier molecular flexibility index (Phi) is 4.04. The van der Waals surface area contributed by atoms with Gasteiger partial charge in [0, 0.05) is 25.3 Å². The van der Waals surface area contributed by atoms with Crippen molar-refractivity contribution in [2.24, 2.45) is 0 Å². The van der Waals surface area contributed by atoms with Crippen LogP contribution < -0.4 is 9.47 Å². The van der Waals surface area contributed by atoms with Gasteiger partial charge in [-0.25, -0.2) is 0 Å². The number of benzene rings is 1. The fourth-order valence-electron chi connectivity index (χ4n) is 3.61. The van der Waals surface area contributed by atoms with E-state index in [1.807, 2.05) is 0 Å². The summed E-state index contributed by atoms with van der Waals surface area (Å²) in [7, 11) is 5.91. The number of hydrogen-bond acceptors (Lipinski definition) is 4. The topological polar surface area (TPSA) is 36.9 Å². The van der Waals surface area contributed by atoms with Crippen molar-refractivity contribution in [3.05, 3.63) is 33.3 Å². The predicted octanol–water partition coefficient (Wildman–Crippen LogP) is 4.28. The lowest BCUT2D eigenvalue weighted by atomic mass is 9.93. The fraction of sp³-hybridized carbons (Fsp3) is 0.467. The zero-order valence-electron chi connectivity index (χ0n) is 12.8. The molecule has 8 heteroatoms. The second kappa shape index (κ2) is 5.32. The number of halogens is 4. The molecule has 23 heavy (non-hydrogen) atoms. The number of hydrogen-bond donors (Lipinski definition) is 0. The molecule has 2 unspecified atom stereocenters. The van der Waals surface area contributed by atoms with Crippen LogP contribution in [0.4, 0.5) is 0 Å². The van der Waals surface area contributed by atoms with Crippen LogP contribution >= 0.6 is 46.4 Å². The van der Waals surface area contributed by atoms with E-state index in [4.69, 9.17) is 65.4 Å². The van der Waals surface area contributed by atoms with E-state index < -0.39 is 15.5 Å². The number of fused-ring (bicyclic) bond motifs is 5. The van der Waals surface area contributed by atoms with Gasteiger partial charge in [-0.1, -0.05) is 23.2 Å². The third kappa shape index (κ3) is 1.58. The molecule has 0 aromatic heterocycles. The molecule has 1 aromatic carbocycles. The van der Waals surface area contributed by atoms with E-state index in [1.54, 1.807) is 12.1 Å². The molecular weight excluding hydrogens is 386 g/mol. The molecule has 0 aliphatic heterocycles. The van der Waals surface area contributed by atoms with Gasteiger partial charge >= 0.3 is 0 Å². The van der Waals surface area contributed by atoms with Crippen LogP contribution in [0.25, 0.3) is 0 Å². The third-order valence-electron chi connectivity index (χ3n) is 4.54. The highest BCUT2D eigenvalue weighted by molar-refractivity contribution is 6.52. The quantitative estimate of drug-likeness (QED) is 0.559. The lowest BCUT2D eigenvalue weighted by Crippen LogP contribution is -2.53. The van der Waals surface area contributed by atoms with E-state index in [1.165, 1.54) is 28.4 Å². The Hall–Kier alpha value is -0.360. The molecule has 0 spiro atoms. The molecule has 2 atom stereocenters. The first-order valence-corrected chi connectivity index (χ1v) is 8.13. The van der Waals surface area contributed by atoms with Crippen LogP contribution in [0.15, 0.2) is 22.2 Å². The van der Waals surface area contributed by atoms with Crippen LogP contribution in [0.1, 0.15) is 11.1 Å². The van der Waals surface area contributed by atoms with Gasteiger partial charge in [0.2, 0.25) is 5.79 Å². The SMILES string of the molecule is COc1ccc(OC)c2c1C1(Cl)C(Cl)=C(Cl)C2(Cl)C1(OC)OC. The van der Waals surface area contributed by atoms with Crippen LogP contribution in [-0.4, -0.2) is 34.2 Å². The Morgan fingerprint density at radius 3 is 1.35 bits per heavy atom. The van der Waals surface area contributed by atoms with Crippen molar-refractivity contribution in [2.75, 3.05) is 28.4 Å². The average Bonchev–Trinajstić information content (AvgIpc) is 2.83. The van der Waals surface area contributed by atoms with E-state index in [9.17, 15) is 0 Å². The van der Waals surface area contributed by atoms with E-state index in [0.717, 1.165) is 0 Å². The minimum absolute atomic E-state index is 0.138. The summed E-state index contributed by atoms with van der Waals surface area (Å²) in [6.45, 7) is 0. The Labute approximate surface area is 154 Å². The molecule has 3 rings (SSSR count). The Bertz CT molecular complexity index is 661. The molecule has 0 saturated carbocycles. The summed E-state index contributed by atoms with van der Waals surface area (Å²) in [6, 6.07) is 3.44. The lowest BCUT2D eigenvalue weighted by Gasteiger charge is -2.40. The van der Waals surface area contributed by atoms with E-state index >= 15 is 0 Å². The van der Waals surface area contributed by atoms with E-state index in [-0.39, 0.29) is 10.1 Å². The third-order valence-corrected chi connectivity index (χ3v) is 7.03. The first-order chi connectivity index (χ1) is 10.8. The average molecular weight is 400 g/mol. The van der Waals surface area contributed by atoms with Crippen LogP contribution in [0, 0.1) is 0 Å². The number of ether oxygens (including phenoxy) is 4. The summed E-state index contributed by atoms with van der Waals surface area (Å²) in [4.78, 5) is -2.93. The van der Waals surface area contributed by atoms with Gasteiger partial charge in [0.1, 0.15) is 11.5 Å². The van der Waals surface area contributed by atoms with Crippen molar-refractivity contribution >= 4 is 46.4 Å². The van der Waals surface area contributed by atoms with Gasteiger partial charge in [0.05, 0.1) is 24.3 Å². The maximum atomic E-state index is 6.95. The predicted molar refractivity (Wildman–Crippen MR) is 90.1 cm³/mol. The zero-order valence-corrected chi connectivity index (χ0v) is 15.8. The molecule has 126 valence electrons. The highest BCUT2D eigenvalue weighted by atomic mass is 35.5. The largest absolute Gasteiger partial charge is 0.496 e. The molecule has 2 bridgehead atoms. The van der Waals surface area contributed by atoms with Crippen LogP contribution in [-0.2, 0) is 19.2 Å².